The van der Waals surface area contributed by atoms with E-state index in [1.165, 1.54) is 22.3 Å². The summed E-state index contributed by atoms with van der Waals surface area (Å²) in [5.74, 6) is 3.64. The molecule has 9 nitrogen and oxygen atoms in total. The zero-order valence-corrected chi connectivity index (χ0v) is 27.7. The van der Waals surface area contributed by atoms with Gasteiger partial charge in [-0.05, 0) is 102 Å². The van der Waals surface area contributed by atoms with Gasteiger partial charge in [-0.25, -0.2) is 4.79 Å². The van der Waals surface area contributed by atoms with Crippen LogP contribution in [0.2, 0.25) is 0 Å². The summed E-state index contributed by atoms with van der Waals surface area (Å²) in [6.07, 6.45) is 4.12. The molecule has 1 saturated heterocycles. The Morgan fingerprint density at radius 1 is 0.826 bits per heavy atom. The molecule has 3 aliphatic rings. The fraction of sp³-hybridized carbons (Fsp3) is 0.486. The van der Waals surface area contributed by atoms with E-state index in [4.69, 9.17) is 29.4 Å². The smallest absolute Gasteiger partial charge is 0.410 e. The summed E-state index contributed by atoms with van der Waals surface area (Å²) >= 11 is 0. The zero-order chi connectivity index (χ0) is 32.4. The van der Waals surface area contributed by atoms with Crippen molar-refractivity contribution in [3.63, 3.8) is 0 Å². The SMILES string of the molecule is CCC1CN2CCc3cc(OC)c(OC)cc3C2CC1C1Cc2cc(OC)c(OC)cc2CCN1C(=O)OCc1ccc(N)cc1. The molecule has 3 aromatic rings. The number of hydrogen-bond acceptors (Lipinski definition) is 8. The van der Waals surface area contributed by atoms with Gasteiger partial charge >= 0.3 is 6.09 Å². The van der Waals surface area contributed by atoms with E-state index in [0.717, 1.165) is 55.8 Å². The lowest BCUT2D eigenvalue weighted by Crippen LogP contribution is -2.54. The maximum atomic E-state index is 14.1. The number of benzene rings is 3. The van der Waals surface area contributed by atoms with Crippen LogP contribution >= 0.6 is 0 Å². The van der Waals surface area contributed by atoms with Crippen LogP contribution in [0.5, 0.6) is 23.0 Å². The van der Waals surface area contributed by atoms with Crippen LogP contribution in [-0.4, -0.2) is 70.0 Å². The number of nitrogens with zero attached hydrogens (tertiary/aromatic N) is 2. The molecule has 46 heavy (non-hydrogen) atoms. The van der Waals surface area contributed by atoms with Crippen molar-refractivity contribution >= 4 is 11.8 Å². The van der Waals surface area contributed by atoms with Gasteiger partial charge in [-0.2, -0.15) is 0 Å². The number of methoxy groups -OCH3 is 4. The summed E-state index contributed by atoms with van der Waals surface area (Å²) in [6, 6.07) is 16.2. The van der Waals surface area contributed by atoms with Crippen molar-refractivity contribution in [3.8, 4) is 23.0 Å². The normalized spacial score (nSPS) is 22.5. The second-order valence-corrected chi connectivity index (χ2v) is 12.7. The molecule has 9 heteroatoms. The van der Waals surface area contributed by atoms with E-state index in [9.17, 15) is 4.79 Å². The number of amides is 1. The highest BCUT2D eigenvalue weighted by Gasteiger charge is 2.45. The van der Waals surface area contributed by atoms with Crippen molar-refractivity contribution in [2.24, 2.45) is 11.8 Å². The number of rotatable bonds is 8. The maximum Gasteiger partial charge on any atom is 0.410 e. The van der Waals surface area contributed by atoms with Crippen LogP contribution in [0.15, 0.2) is 48.5 Å². The molecule has 3 aromatic carbocycles. The minimum Gasteiger partial charge on any atom is -0.493 e. The van der Waals surface area contributed by atoms with E-state index >= 15 is 0 Å². The van der Waals surface area contributed by atoms with Crippen LogP contribution in [0.3, 0.4) is 0 Å². The fourth-order valence-electron chi connectivity index (χ4n) is 7.94. The Kier molecular flexibility index (Phi) is 9.49. The molecule has 4 atom stereocenters. The molecule has 1 fully saturated rings. The van der Waals surface area contributed by atoms with Crippen molar-refractivity contribution in [1.82, 2.24) is 9.80 Å². The average Bonchev–Trinajstić information content (AvgIpc) is 3.28. The monoisotopic (exact) mass is 629 g/mol. The first kappa shape index (κ1) is 31.9. The molecule has 246 valence electrons. The highest BCUT2D eigenvalue weighted by atomic mass is 16.6. The number of piperidine rings is 1. The molecule has 0 radical (unpaired) electrons. The first-order chi connectivity index (χ1) is 22.4. The molecule has 0 spiro atoms. The minimum absolute atomic E-state index is 0.0455. The number of anilines is 1. The number of nitrogens with two attached hydrogens (primary N) is 1. The molecule has 0 aromatic heterocycles. The predicted octanol–water partition coefficient (Wildman–Crippen LogP) is 6.05. The Morgan fingerprint density at radius 3 is 2.09 bits per heavy atom. The molecule has 0 saturated carbocycles. The maximum absolute atomic E-state index is 14.1. The van der Waals surface area contributed by atoms with E-state index in [1.54, 1.807) is 28.4 Å². The summed E-state index contributed by atoms with van der Waals surface area (Å²) < 4.78 is 28.8. The third-order valence-electron chi connectivity index (χ3n) is 10.4. The van der Waals surface area contributed by atoms with Crippen LogP contribution in [-0.2, 0) is 30.6 Å². The lowest BCUT2D eigenvalue weighted by atomic mass is 9.71. The van der Waals surface area contributed by atoms with Crippen molar-refractivity contribution in [2.45, 2.75) is 57.7 Å². The van der Waals surface area contributed by atoms with Gasteiger partial charge in [-0.15, -0.1) is 0 Å². The minimum atomic E-state index is -0.277. The fourth-order valence-corrected chi connectivity index (χ4v) is 7.94. The van der Waals surface area contributed by atoms with Crippen molar-refractivity contribution in [1.29, 1.82) is 0 Å². The Labute approximate surface area is 272 Å². The highest BCUT2D eigenvalue weighted by molar-refractivity contribution is 5.69. The standard InChI is InChI=1S/C37H47N3O6/c1-6-24-21-39-13-11-26-17-34(43-3)36(45-5)20-30(26)31(39)19-29(24)32-15-27-18-35(44-4)33(42-2)16-25(27)12-14-40(32)37(41)46-22-23-7-9-28(38)10-8-23/h7-10,16-18,20,24,29,31-32H,6,11-15,19,21-22,38H2,1-5H3. The topological polar surface area (TPSA) is 95.7 Å². The van der Waals surface area contributed by atoms with E-state index < -0.39 is 0 Å². The van der Waals surface area contributed by atoms with Gasteiger partial charge in [0.25, 0.3) is 0 Å². The van der Waals surface area contributed by atoms with Crippen LogP contribution in [0, 0.1) is 11.8 Å². The summed E-state index contributed by atoms with van der Waals surface area (Å²) in [7, 11) is 6.72. The van der Waals surface area contributed by atoms with Gasteiger partial charge in [-0.1, -0.05) is 25.5 Å². The van der Waals surface area contributed by atoms with Gasteiger partial charge in [0.2, 0.25) is 0 Å². The van der Waals surface area contributed by atoms with Crippen LogP contribution in [0.4, 0.5) is 10.5 Å². The number of ether oxygens (including phenoxy) is 5. The molecular weight excluding hydrogens is 582 g/mol. The molecule has 0 bridgehead atoms. The van der Waals surface area contributed by atoms with E-state index in [2.05, 4.69) is 36.1 Å². The number of carbonyl (C=O) groups excluding carboxylic acids is 1. The molecule has 0 aliphatic carbocycles. The third-order valence-corrected chi connectivity index (χ3v) is 10.4. The predicted molar refractivity (Wildman–Crippen MR) is 178 cm³/mol. The molecule has 2 N–H and O–H groups in total. The molecule has 3 heterocycles. The zero-order valence-electron chi connectivity index (χ0n) is 27.7. The molecule has 3 aliphatic heterocycles. The van der Waals surface area contributed by atoms with Crippen LogP contribution in [0.25, 0.3) is 0 Å². The van der Waals surface area contributed by atoms with Gasteiger partial charge in [-0.3, -0.25) is 4.90 Å². The van der Waals surface area contributed by atoms with Gasteiger partial charge in [0, 0.05) is 37.4 Å². The number of fused-ring (bicyclic) bond motifs is 4. The van der Waals surface area contributed by atoms with Crippen molar-refractivity contribution < 1.29 is 28.5 Å². The lowest BCUT2D eigenvalue weighted by molar-refractivity contribution is 0.000625. The van der Waals surface area contributed by atoms with Crippen molar-refractivity contribution in [3.05, 3.63) is 76.3 Å². The second-order valence-electron chi connectivity index (χ2n) is 12.7. The summed E-state index contributed by atoms with van der Waals surface area (Å²) in [5, 5.41) is 0. The first-order valence-corrected chi connectivity index (χ1v) is 16.4. The van der Waals surface area contributed by atoms with E-state index in [0.29, 0.717) is 36.1 Å². The van der Waals surface area contributed by atoms with E-state index in [-0.39, 0.29) is 30.7 Å². The summed E-state index contributed by atoms with van der Waals surface area (Å²) in [4.78, 5) is 18.7. The summed E-state index contributed by atoms with van der Waals surface area (Å²) in [5.41, 5.74) is 12.5. The Bertz CT molecular complexity index is 1540. The quantitative estimate of drug-likeness (QED) is 0.301. The number of hydrogen-bond donors (Lipinski definition) is 1. The average molecular weight is 630 g/mol. The molecule has 6 rings (SSSR count). The second kappa shape index (κ2) is 13.7. The van der Waals surface area contributed by atoms with E-state index in [1.807, 2.05) is 29.2 Å². The number of carbonyl (C=O) groups is 1. The van der Waals surface area contributed by atoms with Crippen LogP contribution < -0.4 is 24.7 Å². The summed E-state index contributed by atoms with van der Waals surface area (Å²) in [6.45, 7) is 5.05. The Balaban J connectivity index is 1.36. The lowest BCUT2D eigenvalue weighted by Gasteiger charge is -2.50. The molecule has 4 unspecified atom stereocenters. The van der Waals surface area contributed by atoms with Gasteiger partial charge in [0.05, 0.1) is 28.4 Å². The molecular formula is C37H47N3O6. The Hall–Kier alpha value is -4.11. The largest absolute Gasteiger partial charge is 0.493 e. The van der Waals surface area contributed by atoms with Gasteiger partial charge in [0.1, 0.15) is 6.61 Å². The van der Waals surface area contributed by atoms with Crippen molar-refractivity contribution in [2.75, 3.05) is 53.8 Å². The number of nitrogen functional groups attached to an aromatic ring is 1. The van der Waals surface area contributed by atoms with Gasteiger partial charge < -0.3 is 34.3 Å². The highest BCUT2D eigenvalue weighted by Crippen LogP contribution is 2.48. The Morgan fingerprint density at radius 2 is 1.43 bits per heavy atom. The van der Waals surface area contributed by atoms with Crippen LogP contribution in [0.1, 0.15) is 53.6 Å². The first-order valence-electron chi connectivity index (χ1n) is 16.4. The third kappa shape index (κ3) is 6.17. The van der Waals surface area contributed by atoms with Gasteiger partial charge in [0.15, 0.2) is 23.0 Å². The molecule has 1 amide bonds.